The van der Waals surface area contributed by atoms with Crippen molar-refractivity contribution in [1.29, 1.82) is 0 Å². The topological polar surface area (TPSA) is 97.6 Å². The van der Waals surface area contributed by atoms with E-state index in [1.54, 1.807) is 11.0 Å². The summed E-state index contributed by atoms with van der Waals surface area (Å²) in [5.74, 6) is 0. The number of aromatic nitrogens is 1. The minimum absolute atomic E-state index is 0.151. The maximum atomic E-state index is 11.8. The molecule has 126 valence electrons. The van der Waals surface area contributed by atoms with Gasteiger partial charge in [-0.3, -0.25) is 10.1 Å². The number of nitrogens with one attached hydrogen (secondary N) is 1. The number of carbonyl (C=O) groups excluding carboxylic acids is 1. The van der Waals surface area contributed by atoms with Crippen LogP contribution in [0.3, 0.4) is 0 Å². The van der Waals surface area contributed by atoms with Gasteiger partial charge in [-0.1, -0.05) is 11.6 Å². The van der Waals surface area contributed by atoms with Gasteiger partial charge >= 0.3 is 11.8 Å². The Morgan fingerprint density at radius 1 is 1.57 bits per heavy atom. The predicted octanol–water partition coefficient (Wildman–Crippen LogP) is 2.75. The average molecular weight is 343 g/mol. The van der Waals surface area contributed by atoms with Gasteiger partial charge in [-0.15, -0.1) is 0 Å². The van der Waals surface area contributed by atoms with Crippen LogP contribution in [0, 0.1) is 10.1 Å². The Morgan fingerprint density at radius 2 is 2.26 bits per heavy atom. The molecule has 2 rings (SSSR count). The molecule has 1 aliphatic heterocycles. The molecule has 0 saturated carbocycles. The van der Waals surface area contributed by atoms with Crippen LogP contribution in [0.15, 0.2) is 12.3 Å². The smallest absolute Gasteiger partial charge is 0.407 e. The van der Waals surface area contributed by atoms with Gasteiger partial charge in [0.05, 0.1) is 11.5 Å². The number of anilines is 1. The molecule has 1 unspecified atom stereocenters. The third-order valence-electron chi connectivity index (χ3n) is 3.28. The van der Waals surface area contributed by atoms with Gasteiger partial charge in [-0.25, -0.2) is 9.78 Å². The lowest BCUT2D eigenvalue weighted by atomic mass is 10.1. The van der Waals surface area contributed by atoms with Crippen LogP contribution in [-0.4, -0.2) is 40.7 Å². The molecule has 0 aliphatic carbocycles. The number of rotatable bonds is 3. The summed E-state index contributed by atoms with van der Waals surface area (Å²) in [7, 11) is 0. The Bertz CT molecular complexity index is 617. The molecule has 1 amide bonds. The Hall–Kier alpha value is -2.09. The molecule has 2 heterocycles. The minimum Gasteiger partial charge on any atom is -0.444 e. The van der Waals surface area contributed by atoms with E-state index in [0.29, 0.717) is 25.2 Å². The van der Waals surface area contributed by atoms with Crippen LogP contribution in [0.1, 0.15) is 27.2 Å². The molecular formula is C14H19ClN4O4. The summed E-state index contributed by atoms with van der Waals surface area (Å²) in [6, 6.07) is 1.54. The van der Waals surface area contributed by atoms with Gasteiger partial charge in [-0.2, -0.15) is 0 Å². The van der Waals surface area contributed by atoms with Gasteiger partial charge in [0, 0.05) is 24.7 Å². The first kappa shape index (κ1) is 17.3. The molecule has 8 nitrogen and oxygen atoms in total. The first-order chi connectivity index (χ1) is 10.7. The van der Waals surface area contributed by atoms with E-state index in [-0.39, 0.29) is 22.5 Å². The summed E-state index contributed by atoms with van der Waals surface area (Å²) in [4.78, 5) is 27.9. The molecule has 1 aliphatic rings. The molecule has 1 fully saturated rings. The zero-order valence-electron chi connectivity index (χ0n) is 13.2. The van der Waals surface area contributed by atoms with Gasteiger partial charge < -0.3 is 15.0 Å². The summed E-state index contributed by atoms with van der Waals surface area (Å²) >= 11 is 5.82. The fraction of sp³-hybridized carbons (Fsp3) is 0.571. The summed E-state index contributed by atoms with van der Waals surface area (Å²) < 4.78 is 5.36. The van der Waals surface area contributed by atoms with Crippen LogP contribution >= 0.6 is 11.6 Å². The fourth-order valence-electron chi connectivity index (χ4n) is 2.37. The van der Waals surface area contributed by atoms with Crippen molar-refractivity contribution in [2.24, 2.45) is 0 Å². The zero-order chi connectivity index (χ0) is 17.2. The highest BCUT2D eigenvalue weighted by molar-refractivity contribution is 6.32. The number of carbonyl (C=O) groups is 1. The van der Waals surface area contributed by atoms with E-state index < -0.39 is 11.0 Å². The average Bonchev–Trinajstić information content (AvgIpc) is 2.83. The van der Waals surface area contributed by atoms with Crippen LogP contribution < -0.4 is 10.2 Å². The minimum atomic E-state index is -0.550. The lowest BCUT2D eigenvalue weighted by Crippen LogP contribution is -2.42. The maximum Gasteiger partial charge on any atom is 0.407 e. The van der Waals surface area contributed by atoms with E-state index in [9.17, 15) is 14.9 Å². The normalized spacial score (nSPS) is 17.9. The summed E-state index contributed by atoms with van der Waals surface area (Å²) in [5.41, 5.74) is -0.224. The fourth-order valence-corrected chi connectivity index (χ4v) is 2.60. The Balaban J connectivity index is 2.05. The quantitative estimate of drug-likeness (QED) is 0.515. The number of alkyl carbamates (subject to hydrolysis) is 1. The number of nitrogens with zero attached hydrogens (tertiary/aromatic N) is 3. The molecule has 1 aromatic rings. The highest BCUT2D eigenvalue weighted by Crippen LogP contribution is 2.35. The van der Waals surface area contributed by atoms with E-state index in [4.69, 9.17) is 16.3 Å². The van der Waals surface area contributed by atoms with E-state index >= 15 is 0 Å². The van der Waals surface area contributed by atoms with Crippen molar-refractivity contribution in [3.05, 3.63) is 27.5 Å². The molecule has 0 bridgehead atoms. The molecule has 1 N–H and O–H groups in total. The number of nitro groups is 1. The molecule has 9 heteroatoms. The molecule has 0 aromatic carbocycles. The van der Waals surface area contributed by atoms with Gasteiger partial charge in [-0.05, 0) is 26.8 Å². The third-order valence-corrected chi connectivity index (χ3v) is 3.55. The monoisotopic (exact) mass is 342 g/mol. The molecule has 1 atom stereocenters. The van der Waals surface area contributed by atoms with E-state index in [2.05, 4.69) is 10.3 Å². The predicted molar refractivity (Wildman–Crippen MR) is 85.9 cm³/mol. The second kappa shape index (κ2) is 6.57. The summed E-state index contributed by atoms with van der Waals surface area (Å²) in [6.45, 7) is 6.49. The number of pyridine rings is 1. The second-order valence-electron chi connectivity index (χ2n) is 6.36. The molecule has 1 saturated heterocycles. The van der Waals surface area contributed by atoms with Crippen molar-refractivity contribution >= 4 is 29.1 Å². The van der Waals surface area contributed by atoms with Crippen molar-refractivity contribution in [3.8, 4) is 0 Å². The Morgan fingerprint density at radius 3 is 2.87 bits per heavy atom. The lowest BCUT2D eigenvalue weighted by molar-refractivity contribution is -0.384. The molecule has 23 heavy (non-hydrogen) atoms. The van der Waals surface area contributed by atoms with Gasteiger partial charge in [0.2, 0.25) is 5.15 Å². The third kappa shape index (κ3) is 4.44. The van der Waals surface area contributed by atoms with Gasteiger partial charge in [0.15, 0.2) is 0 Å². The highest BCUT2D eigenvalue weighted by atomic mass is 35.5. The van der Waals surface area contributed by atoms with E-state index in [0.717, 1.165) is 0 Å². The molecular weight excluding hydrogens is 324 g/mol. The standard InChI is InChI=1S/C14H19ClN4O4/c1-14(2,3)17-13(20)23-9-5-7-18(8-9)10-4-6-16-12(15)11(10)19(21)22/h4,6,9H,5,7-8H2,1-3H3,(H,17,20). The number of amides is 1. The lowest BCUT2D eigenvalue weighted by Gasteiger charge is -2.22. The number of hydrogen-bond acceptors (Lipinski definition) is 6. The second-order valence-corrected chi connectivity index (χ2v) is 6.72. The Kier molecular flexibility index (Phi) is 4.93. The molecule has 1 aromatic heterocycles. The number of halogens is 1. The van der Waals surface area contributed by atoms with Crippen molar-refractivity contribution in [2.75, 3.05) is 18.0 Å². The first-order valence-electron chi connectivity index (χ1n) is 7.20. The van der Waals surface area contributed by atoms with Gasteiger partial charge in [0.1, 0.15) is 11.8 Å². The van der Waals surface area contributed by atoms with Crippen LogP contribution in [0.5, 0.6) is 0 Å². The van der Waals surface area contributed by atoms with Crippen molar-refractivity contribution < 1.29 is 14.5 Å². The molecule has 0 radical (unpaired) electrons. The van der Waals surface area contributed by atoms with Crippen LogP contribution in [0.25, 0.3) is 0 Å². The van der Waals surface area contributed by atoms with Crippen molar-refractivity contribution in [2.45, 2.75) is 38.8 Å². The Labute approximate surface area is 138 Å². The SMILES string of the molecule is CC(C)(C)NC(=O)OC1CCN(c2ccnc(Cl)c2[N+](=O)[O-])C1. The largest absolute Gasteiger partial charge is 0.444 e. The van der Waals surface area contributed by atoms with Crippen molar-refractivity contribution in [1.82, 2.24) is 10.3 Å². The zero-order valence-corrected chi connectivity index (χ0v) is 14.0. The number of ether oxygens (including phenoxy) is 1. The highest BCUT2D eigenvalue weighted by Gasteiger charge is 2.32. The maximum absolute atomic E-state index is 11.8. The summed E-state index contributed by atoms with van der Waals surface area (Å²) in [6.07, 6.45) is 1.19. The van der Waals surface area contributed by atoms with E-state index in [1.807, 2.05) is 20.8 Å². The van der Waals surface area contributed by atoms with Crippen LogP contribution in [-0.2, 0) is 4.74 Å². The number of hydrogen-bond donors (Lipinski definition) is 1. The molecule has 0 spiro atoms. The van der Waals surface area contributed by atoms with Crippen LogP contribution in [0.2, 0.25) is 5.15 Å². The first-order valence-corrected chi connectivity index (χ1v) is 7.58. The van der Waals surface area contributed by atoms with E-state index in [1.165, 1.54) is 6.20 Å². The summed E-state index contributed by atoms with van der Waals surface area (Å²) in [5, 5.41) is 13.7. The van der Waals surface area contributed by atoms with Gasteiger partial charge in [0.25, 0.3) is 0 Å². The van der Waals surface area contributed by atoms with Crippen molar-refractivity contribution in [3.63, 3.8) is 0 Å². The van der Waals surface area contributed by atoms with Crippen LogP contribution in [0.4, 0.5) is 16.2 Å².